The molecule has 0 saturated heterocycles. The van der Waals surface area contributed by atoms with Crippen molar-refractivity contribution in [1.82, 2.24) is 0 Å². The van der Waals surface area contributed by atoms with Crippen molar-refractivity contribution in [3.05, 3.63) is 35.9 Å². The van der Waals surface area contributed by atoms with Gasteiger partial charge in [0.1, 0.15) is 5.75 Å². The summed E-state index contributed by atoms with van der Waals surface area (Å²) >= 11 is 0. The average molecular weight is 193 g/mol. The second kappa shape index (κ2) is 5.50. The maximum Gasteiger partial charge on any atom is 0.111 e. The summed E-state index contributed by atoms with van der Waals surface area (Å²) in [6.45, 7) is 0. The van der Waals surface area contributed by atoms with Gasteiger partial charge in [0.05, 0.1) is 6.07 Å². The summed E-state index contributed by atoms with van der Waals surface area (Å²) < 4.78 is 11.1. The van der Waals surface area contributed by atoms with Crippen molar-refractivity contribution >= 4 is 10.8 Å². The van der Waals surface area contributed by atoms with E-state index in [4.69, 9.17) is 5.26 Å². The van der Waals surface area contributed by atoms with Crippen molar-refractivity contribution in [3.63, 3.8) is 0 Å². The molecule has 0 bridgehead atoms. The van der Waals surface area contributed by atoms with E-state index in [1.54, 1.807) is 0 Å². The Morgan fingerprint density at radius 2 is 2.00 bits per heavy atom. The third-order valence-electron chi connectivity index (χ3n) is 1.69. The van der Waals surface area contributed by atoms with E-state index in [-0.39, 0.29) is 5.75 Å². The molecular weight excluding hydrogens is 182 g/mol. The molecule has 1 atom stereocenters. The second-order valence-electron chi connectivity index (χ2n) is 2.68. The van der Waals surface area contributed by atoms with Crippen LogP contribution >= 0.6 is 0 Å². The molecule has 0 unspecified atom stereocenters. The topological polar surface area (TPSA) is 40.9 Å². The molecule has 0 aromatic heterocycles. The van der Waals surface area contributed by atoms with Crippen LogP contribution in [0, 0.1) is 11.3 Å². The molecule has 1 aromatic rings. The monoisotopic (exact) mass is 193 g/mol. The zero-order chi connectivity index (χ0) is 9.52. The standard InChI is InChI=1S/C10H11NOS/c11-7-9-13(12)8-6-10-4-2-1-3-5-10/h1-5H,6,8-9H2/t13-/m1/s1. The van der Waals surface area contributed by atoms with Crippen LogP contribution in [0.25, 0.3) is 0 Å². The van der Waals surface area contributed by atoms with Crippen LogP contribution < -0.4 is 0 Å². The largest absolute Gasteiger partial charge is 0.259 e. The van der Waals surface area contributed by atoms with Gasteiger partial charge in [0.25, 0.3) is 0 Å². The van der Waals surface area contributed by atoms with Crippen molar-refractivity contribution < 1.29 is 4.21 Å². The van der Waals surface area contributed by atoms with E-state index in [0.29, 0.717) is 5.75 Å². The highest BCUT2D eigenvalue weighted by atomic mass is 32.2. The molecule has 1 rings (SSSR count). The molecule has 0 radical (unpaired) electrons. The van der Waals surface area contributed by atoms with Crippen molar-refractivity contribution in [2.24, 2.45) is 0 Å². The SMILES string of the molecule is N#CC[S@](=O)CCc1ccccc1. The van der Waals surface area contributed by atoms with Crippen molar-refractivity contribution in [3.8, 4) is 6.07 Å². The molecule has 2 nitrogen and oxygen atoms in total. The number of hydrogen-bond acceptors (Lipinski definition) is 2. The summed E-state index contributed by atoms with van der Waals surface area (Å²) in [4.78, 5) is 0. The van der Waals surface area contributed by atoms with Crippen LogP contribution in [0.5, 0.6) is 0 Å². The molecule has 13 heavy (non-hydrogen) atoms. The lowest BCUT2D eigenvalue weighted by molar-refractivity contribution is 0.684. The fraction of sp³-hybridized carbons (Fsp3) is 0.300. The molecule has 0 heterocycles. The molecule has 0 N–H and O–H groups in total. The molecule has 1 aromatic carbocycles. The molecule has 0 aliphatic carbocycles. The minimum atomic E-state index is -0.982. The van der Waals surface area contributed by atoms with E-state index in [9.17, 15) is 4.21 Å². The van der Waals surface area contributed by atoms with Gasteiger partial charge in [0.15, 0.2) is 0 Å². The van der Waals surface area contributed by atoms with E-state index >= 15 is 0 Å². The van der Waals surface area contributed by atoms with Gasteiger partial charge in [-0.3, -0.25) is 4.21 Å². The van der Waals surface area contributed by atoms with Gasteiger partial charge in [0.2, 0.25) is 0 Å². The van der Waals surface area contributed by atoms with Gasteiger partial charge in [0, 0.05) is 16.6 Å². The van der Waals surface area contributed by atoms with Crippen LogP contribution in [0.3, 0.4) is 0 Å². The molecule has 0 aliphatic rings. The second-order valence-corrected chi connectivity index (χ2v) is 4.26. The number of aryl methyl sites for hydroxylation is 1. The Bertz CT molecular complexity index is 315. The third kappa shape index (κ3) is 3.86. The molecule has 3 heteroatoms. The predicted octanol–water partition coefficient (Wildman–Crippen LogP) is 1.50. The normalized spacial score (nSPS) is 11.9. The summed E-state index contributed by atoms with van der Waals surface area (Å²) in [7, 11) is -0.982. The molecule has 0 spiro atoms. The van der Waals surface area contributed by atoms with E-state index in [1.165, 1.54) is 5.56 Å². The fourth-order valence-electron chi connectivity index (χ4n) is 1.02. The van der Waals surface area contributed by atoms with Crippen molar-refractivity contribution in [2.45, 2.75) is 6.42 Å². The smallest absolute Gasteiger partial charge is 0.111 e. The Kier molecular flexibility index (Phi) is 4.20. The highest BCUT2D eigenvalue weighted by Crippen LogP contribution is 2.00. The first-order valence-electron chi connectivity index (χ1n) is 4.09. The maximum atomic E-state index is 11.1. The minimum absolute atomic E-state index is 0.146. The first-order chi connectivity index (χ1) is 6.33. The summed E-state index contributed by atoms with van der Waals surface area (Å²) in [5.74, 6) is 0.727. The molecular formula is C10H11NOS. The highest BCUT2D eigenvalue weighted by Gasteiger charge is 1.98. The van der Waals surface area contributed by atoms with Crippen LogP contribution in [0.4, 0.5) is 0 Å². The predicted molar refractivity (Wildman–Crippen MR) is 53.6 cm³/mol. The Morgan fingerprint density at radius 3 is 2.62 bits per heavy atom. The summed E-state index contributed by atoms with van der Waals surface area (Å²) in [5, 5.41) is 8.29. The summed E-state index contributed by atoms with van der Waals surface area (Å²) in [6, 6.07) is 11.8. The molecule has 0 fully saturated rings. The molecule has 0 saturated carbocycles. The minimum Gasteiger partial charge on any atom is -0.259 e. The van der Waals surface area contributed by atoms with Gasteiger partial charge in [-0.25, -0.2) is 0 Å². The van der Waals surface area contributed by atoms with Crippen LogP contribution in [0.15, 0.2) is 30.3 Å². The third-order valence-corrected chi connectivity index (χ3v) is 2.80. The number of nitriles is 1. The lowest BCUT2D eigenvalue weighted by Gasteiger charge is -1.98. The van der Waals surface area contributed by atoms with E-state index < -0.39 is 10.8 Å². The maximum absolute atomic E-state index is 11.1. The van der Waals surface area contributed by atoms with Gasteiger partial charge >= 0.3 is 0 Å². The van der Waals surface area contributed by atoms with Crippen LogP contribution in [-0.2, 0) is 17.2 Å². The number of hydrogen-bond donors (Lipinski definition) is 0. The van der Waals surface area contributed by atoms with E-state index in [0.717, 1.165) is 6.42 Å². The molecule has 68 valence electrons. The van der Waals surface area contributed by atoms with Crippen LogP contribution in [0.1, 0.15) is 5.56 Å². The average Bonchev–Trinajstić information content (AvgIpc) is 2.17. The number of rotatable bonds is 4. The summed E-state index contributed by atoms with van der Waals surface area (Å²) in [5.41, 5.74) is 1.17. The number of nitrogens with zero attached hydrogens (tertiary/aromatic N) is 1. The van der Waals surface area contributed by atoms with Gasteiger partial charge in [-0.15, -0.1) is 0 Å². The molecule has 0 amide bonds. The Balaban J connectivity index is 2.36. The highest BCUT2D eigenvalue weighted by molar-refractivity contribution is 7.85. The van der Waals surface area contributed by atoms with E-state index in [1.807, 2.05) is 36.4 Å². The van der Waals surface area contributed by atoms with Gasteiger partial charge in [-0.05, 0) is 12.0 Å². The van der Waals surface area contributed by atoms with Crippen LogP contribution in [-0.4, -0.2) is 15.7 Å². The van der Waals surface area contributed by atoms with Gasteiger partial charge < -0.3 is 0 Å². The quantitative estimate of drug-likeness (QED) is 0.727. The lowest BCUT2D eigenvalue weighted by atomic mass is 10.2. The Morgan fingerprint density at radius 1 is 1.31 bits per heavy atom. The lowest BCUT2D eigenvalue weighted by Crippen LogP contribution is -2.03. The first-order valence-corrected chi connectivity index (χ1v) is 5.57. The van der Waals surface area contributed by atoms with Crippen molar-refractivity contribution in [2.75, 3.05) is 11.5 Å². The number of benzene rings is 1. The summed E-state index contributed by atoms with van der Waals surface area (Å²) in [6.07, 6.45) is 0.787. The Labute approximate surface area is 80.7 Å². The zero-order valence-electron chi connectivity index (χ0n) is 7.27. The first kappa shape index (κ1) is 9.94. The van der Waals surface area contributed by atoms with Gasteiger partial charge in [-0.2, -0.15) is 5.26 Å². The van der Waals surface area contributed by atoms with E-state index in [2.05, 4.69) is 0 Å². The zero-order valence-corrected chi connectivity index (χ0v) is 8.09. The van der Waals surface area contributed by atoms with Crippen LogP contribution in [0.2, 0.25) is 0 Å². The van der Waals surface area contributed by atoms with Gasteiger partial charge in [-0.1, -0.05) is 30.3 Å². The fourth-order valence-corrected chi connectivity index (χ4v) is 1.77. The Hall–Kier alpha value is -1.14. The van der Waals surface area contributed by atoms with Crippen molar-refractivity contribution in [1.29, 1.82) is 5.26 Å². The molecule has 0 aliphatic heterocycles.